The molecule has 132 valence electrons. The number of carbonyl (C=O) groups excluding carboxylic acids is 1. The number of carboxylic acids is 1. The molecule has 24 heavy (non-hydrogen) atoms. The number of urea groups is 1. The fourth-order valence-electron chi connectivity index (χ4n) is 2.55. The largest absolute Gasteiger partial charge is 0.478 e. The van der Waals surface area contributed by atoms with Gasteiger partial charge >= 0.3 is 18.2 Å². The van der Waals surface area contributed by atoms with E-state index >= 15 is 0 Å². The Kier molecular flexibility index (Phi) is 5.33. The summed E-state index contributed by atoms with van der Waals surface area (Å²) in [6.45, 7) is 0.105. The van der Waals surface area contributed by atoms with Gasteiger partial charge in [0.1, 0.15) is 0 Å². The van der Waals surface area contributed by atoms with Crippen LogP contribution in [0.4, 0.5) is 18.0 Å². The number of aliphatic hydroxyl groups is 1. The second kappa shape index (κ2) is 7.08. The minimum atomic E-state index is -4.69. The van der Waals surface area contributed by atoms with Crippen LogP contribution in [0.3, 0.4) is 0 Å². The summed E-state index contributed by atoms with van der Waals surface area (Å²) in [5, 5.41) is 20.6. The van der Waals surface area contributed by atoms with E-state index in [4.69, 9.17) is 5.11 Å². The number of hydrogen-bond acceptors (Lipinski definition) is 3. The van der Waals surface area contributed by atoms with Crippen molar-refractivity contribution in [2.45, 2.75) is 25.2 Å². The zero-order valence-electron chi connectivity index (χ0n) is 12.6. The van der Waals surface area contributed by atoms with Crippen LogP contribution < -0.4 is 5.32 Å². The van der Waals surface area contributed by atoms with Crippen molar-refractivity contribution in [2.75, 3.05) is 13.1 Å². The van der Waals surface area contributed by atoms with E-state index in [2.05, 4.69) is 5.32 Å². The van der Waals surface area contributed by atoms with E-state index in [1.54, 1.807) is 12.1 Å². The smallest absolute Gasteiger partial charge is 0.414 e. The molecule has 0 radical (unpaired) electrons. The SMILES string of the molecule is O=C(O)c1ccc(CNC(=O)N2CCC(C(O)C(F)(F)F)C2)cc1. The number of amides is 2. The molecule has 2 rings (SSSR count). The molecular weight excluding hydrogens is 329 g/mol. The molecule has 0 aliphatic carbocycles. The molecule has 0 saturated carbocycles. The second-order valence-corrected chi connectivity index (χ2v) is 5.64. The monoisotopic (exact) mass is 346 g/mol. The van der Waals surface area contributed by atoms with Crippen LogP contribution in [0.1, 0.15) is 22.3 Å². The molecule has 3 N–H and O–H groups in total. The third-order valence-electron chi connectivity index (χ3n) is 3.94. The number of aliphatic hydroxyl groups excluding tert-OH is 1. The average molecular weight is 346 g/mol. The summed E-state index contributed by atoms with van der Waals surface area (Å²) in [5.74, 6) is -2.08. The number of halogens is 3. The van der Waals surface area contributed by atoms with Gasteiger partial charge in [-0.15, -0.1) is 0 Å². The van der Waals surface area contributed by atoms with Crippen LogP contribution in [-0.4, -0.2) is 52.5 Å². The first-order valence-electron chi connectivity index (χ1n) is 7.28. The maximum Gasteiger partial charge on any atom is 0.414 e. The maximum atomic E-state index is 12.5. The second-order valence-electron chi connectivity index (χ2n) is 5.64. The first-order chi connectivity index (χ1) is 11.2. The molecule has 2 amide bonds. The van der Waals surface area contributed by atoms with Gasteiger partial charge in [-0.2, -0.15) is 13.2 Å². The number of nitrogens with zero attached hydrogens (tertiary/aromatic N) is 1. The number of benzene rings is 1. The highest BCUT2D eigenvalue weighted by Crippen LogP contribution is 2.31. The summed E-state index contributed by atoms with van der Waals surface area (Å²) < 4.78 is 37.4. The third-order valence-corrected chi connectivity index (χ3v) is 3.94. The van der Waals surface area contributed by atoms with Crippen molar-refractivity contribution in [1.82, 2.24) is 10.2 Å². The Labute approximate surface area is 135 Å². The Hall–Kier alpha value is -2.29. The minimum absolute atomic E-state index is 0.0847. The standard InChI is InChI=1S/C15H17F3N2O4/c16-15(17,18)12(21)11-5-6-20(8-11)14(24)19-7-9-1-3-10(4-2-9)13(22)23/h1-4,11-12,21H,5-8H2,(H,19,24)(H,22,23). The van der Waals surface area contributed by atoms with Crippen LogP contribution >= 0.6 is 0 Å². The van der Waals surface area contributed by atoms with Gasteiger partial charge in [0.05, 0.1) is 5.56 Å². The van der Waals surface area contributed by atoms with Gasteiger partial charge in [-0.3, -0.25) is 0 Å². The van der Waals surface area contributed by atoms with Crippen molar-refractivity contribution < 1.29 is 33.0 Å². The van der Waals surface area contributed by atoms with E-state index in [-0.39, 0.29) is 31.6 Å². The number of rotatable bonds is 4. The van der Waals surface area contributed by atoms with Crippen molar-refractivity contribution in [2.24, 2.45) is 5.92 Å². The number of aromatic carboxylic acids is 1. The predicted molar refractivity (Wildman–Crippen MR) is 77.4 cm³/mol. The molecular formula is C15H17F3N2O4. The first kappa shape index (κ1) is 18.1. The Morgan fingerprint density at radius 3 is 2.46 bits per heavy atom. The topological polar surface area (TPSA) is 89.9 Å². The molecule has 0 bridgehead atoms. The van der Waals surface area contributed by atoms with E-state index in [0.29, 0.717) is 5.56 Å². The van der Waals surface area contributed by atoms with Gasteiger partial charge in [0.15, 0.2) is 6.10 Å². The highest BCUT2D eigenvalue weighted by atomic mass is 19.4. The van der Waals surface area contributed by atoms with Gasteiger partial charge in [0, 0.05) is 25.6 Å². The third kappa shape index (κ3) is 4.38. The van der Waals surface area contributed by atoms with Gasteiger partial charge in [0.2, 0.25) is 0 Å². The quantitative estimate of drug-likeness (QED) is 0.776. The van der Waals surface area contributed by atoms with E-state index in [1.807, 2.05) is 0 Å². The molecule has 1 aromatic rings. The molecule has 1 aliphatic heterocycles. The highest BCUT2D eigenvalue weighted by molar-refractivity contribution is 5.87. The van der Waals surface area contributed by atoms with Crippen LogP contribution in [0.2, 0.25) is 0 Å². The summed E-state index contributed by atoms with van der Waals surface area (Å²) in [6.07, 6.45) is -7.04. The summed E-state index contributed by atoms with van der Waals surface area (Å²) in [5.41, 5.74) is 0.785. The number of carbonyl (C=O) groups is 2. The molecule has 1 heterocycles. The van der Waals surface area contributed by atoms with Gasteiger partial charge < -0.3 is 20.4 Å². The summed E-state index contributed by atoms with van der Waals surface area (Å²) in [6, 6.07) is 5.37. The van der Waals surface area contributed by atoms with Crippen LogP contribution in [0, 0.1) is 5.92 Å². The fraction of sp³-hybridized carbons (Fsp3) is 0.467. The van der Waals surface area contributed by atoms with E-state index in [9.17, 15) is 27.9 Å². The summed E-state index contributed by atoms with van der Waals surface area (Å²) in [4.78, 5) is 23.9. The Morgan fingerprint density at radius 2 is 1.92 bits per heavy atom. The van der Waals surface area contributed by atoms with Crippen molar-refractivity contribution in [1.29, 1.82) is 0 Å². The van der Waals surface area contributed by atoms with E-state index in [0.717, 1.165) is 0 Å². The lowest BCUT2D eigenvalue weighted by Gasteiger charge is -2.21. The number of alkyl halides is 3. The fourth-order valence-corrected chi connectivity index (χ4v) is 2.55. The van der Waals surface area contributed by atoms with Gasteiger partial charge in [-0.1, -0.05) is 12.1 Å². The van der Waals surface area contributed by atoms with Gasteiger partial charge in [0.25, 0.3) is 0 Å². The van der Waals surface area contributed by atoms with E-state index in [1.165, 1.54) is 17.0 Å². The Bertz CT molecular complexity index is 604. The van der Waals surface area contributed by atoms with Crippen LogP contribution in [-0.2, 0) is 6.54 Å². The van der Waals surface area contributed by atoms with Crippen molar-refractivity contribution >= 4 is 12.0 Å². The minimum Gasteiger partial charge on any atom is -0.478 e. The lowest BCUT2D eigenvalue weighted by molar-refractivity contribution is -0.217. The highest BCUT2D eigenvalue weighted by Gasteiger charge is 2.46. The molecule has 0 aromatic heterocycles. The zero-order chi connectivity index (χ0) is 17.9. The lowest BCUT2D eigenvalue weighted by atomic mass is 10.0. The zero-order valence-corrected chi connectivity index (χ0v) is 12.6. The van der Waals surface area contributed by atoms with Gasteiger partial charge in [-0.05, 0) is 24.1 Å². The molecule has 1 saturated heterocycles. The molecule has 0 spiro atoms. The molecule has 9 heteroatoms. The first-order valence-corrected chi connectivity index (χ1v) is 7.28. The molecule has 2 unspecified atom stereocenters. The maximum absolute atomic E-state index is 12.5. The molecule has 1 fully saturated rings. The predicted octanol–water partition coefficient (Wildman–Crippen LogP) is 1.84. The molecule has 6 nitrogen and oxygen atoms in total. The van der Waals surface area contributed by atoms with Crippen LogP contribution in [0.25, 0.3) is 0 Å². The number of nitrogens with one attached hydrogen (secondary N) is 1. The van der Waals surface area contributed by atoms with Crippen molar-refractivity contribution in [3.63, 3.8) is 0 Å². The van der Waals surface area contributed by atoms with E-state index < -0.39 is 30.2 Å². The van der Waals surface area contributed by atoms with Crippen molar-refractivity contribution in [3.8, 4) is 0 Å². The summed E-state index contributed by atoms with van der Waals surface area (Å²) >= 11 is 0. The molecule has 1 aliphatic rings. The number of hydrogen-bond donors (Lipinski definition) is 3. The number of carboxylic acid groups (broad SMARTS) is 1. The Balaban J connectivity index is 1.84. The normalized spacial score (nSPS) is 19.2. The lowest BCUT2D eigenvalue weighted by Crippen LogP contribution is -2.41. The van der Waals surface area contributed by atoms with Gasteiger partial charge in [-0.25, -0.2) is 9.59 Å². The average Bonchev–Trinajstić information content (AvgIpc) is 3.01. The number of likely N-dealkylation sites (tertiary alicyclic amines) is 1. The molecule has 2 atom stereocenters. The van der Waals surface area contributed by atoms with Crippen LogP contribution in [0.5, 0.6) is 0 Å². The Morgan fingerprint density at radius 1 is 1.29 bits per heavy atom. The summed E-state index contributed by atoms with van der Waals surface area (Å²) in [7, 11) is 0. The van der Waals surface area contributed by atoms with Crippen molar-refractivity contribution in [3.05, 3.63) is 35.4 Å². The van der Waals surface area contributed by atoms with Crippen LogP contribution in [0.15, 0.2) is 24.3 Å². The molecule has 1 aromatic carbocycles.